The summed E-state index contributed by atoms with van der Waals surface area (Å²) in [4.78, 5) is 6.74. The fraction of sp³-hybridized carbons (Fsp3) is 0.312. The van der Waals surface area contributed by atoms with Crippen LogP contribution >= 0.6 is 0 Å². The molecule has 0 aliphatic carbocycles. The standard InChI is InChI=1S/C16H21N3/c1-13-10-15(8-9-17)11-18-16(13)19(2)12-14-6-4-3-5-7-14/h3-7,10-11H,8-9,12,17H2,1-2H3. The van der Waals surface area contributed by atoms with Crippen molar-refractivity contribution in [2.24, 2.45) is 5.73 Å². The SMILES string of the molecule is Cc1cc(CCN)cnc1N(C)Cc1ccccc1. The van der Waals surface area contributed by atoms with E-state index in [1.807, 2.05) is 12.3 Å². The molecule has 3 nitrogen and oxygen atoms in total. The van der Waals surface area contributed by atoms with E-state index < -0.39 is 0 Å². The van der Waals surface area contributed by atoms with E-state index in [0.29, 0.717) is 6.54 Å². The van der Waals surface area contributed by atoms with Gasteiger partial charge in [-0.2, -0.15) is 0 Å². The van der Waals surface area contributed by atoms with Crippen molar-refractivity contribution in [1.29, 1.82) is 0 Å². The summed E-state index contributed by atoms with van der Waals surface area (Å²) in [5, 5.41) is 0. The van der Waals surface area contributed by atoms with Crippen LogP contribution < -0.4 is 10.6 Å². The largest absolute Gasteiger partial charge is 0.355 e. The molecule has 0 amide bonds. The van der Waals surface area contributed by atoms with Crippen LogP contribution in [0, 0.1) is 6.92 Å². The first kappa shape index (κ1) is 13.6. The molecule has 2 rings (SSSR count). The molecule has 0 aliphatic heterocycles. The van der Waals surface area contributed by atoms with Gasteiger partial charge in [-0.3, -0.25) is 0 Å². The number of pyridine rings is 1. The summed E-state index contributed by atoms with van der Waals surface area (Å²) in [6.45, 7) is 3.63. The minimum Gasteiger partial charge on any atom is -0.355 e. The zero-order valence-corrected chi connectivity index (χ0v) is 11.6. The van der Waals surface area contributed by atoms with E-state index in [9.17, 15) is 0 Å². The lowest BCUT2D eigenvalue weighted by Gasteiger charge is -2.20. The molecule has 0 bridgehead atoms. The Morgan fingerprint density at radius 3 is 2.53 bits per heavy atom. The van der Waals surface area contributed by atoms with Crippen molar-refractivity contribution in [3.8, 4) is 0 Å². The van der Waals surface area contributed by atoms with Gasteiger partial charge in [-0.05, 0) is 36.6 Å². The number of hydrogen-bond acceptors (Lipinski definition) is 3. The summed E-state index contributed by atoms with van der Waals surface area (Å²) in [5.41, 5.74) is 9.27. The summed E-state index contributed by atoms with van der Waals surface area (Å²) in [5.74, 6) is 1.03. The topological polar surface area (TPSA) is 42.1 Å². The van der Waals surface area contributed by atoms with E-state index in [0.717, 1.165) is 18.8 Å². The second-order valence-electron chi connectivity index (χ2n) is 4.86. The minimum absolute atomic E-state index is 0.667. The van der Waals surface area contributed by atoms with Gasteiger partial charge < -0.3 is 10.6 Å². The molecule has 19 heavy (non-hydrogen) atoms. The maximum absolute atomic E-state index is 5.57. The predicted octanol–water partition coefficient (Wildman–Crippen LogP) is 2.53. The number of anilines is 1. The fourth-order valence-electron chi connectivity index (χ4n) is 2.26. The average molecular weight is 255 g/mol. The lowest BCUT2D eigenvalue weighted by atomic mass is 10.1. The van der Waals surface area contributed by atoms with E-state index in [1.165, 1.54) is 16.7 Å². The highest BCUT2D eigenvalue weighted by Crippen LogP contribution is 2.18. The molecule has 0 saturated heterocycles. The zero-order chi connectivity index (χ0) is 13.7. The normalized spacial score (nSPS) is 10.5. The molecular formula is C16H21N3. The van der Waals surface area contributed by atoms with Crippen LogP contribution in [0.1, 0.15) is 16.7 Å². The third-order valence-corrected chi connectivity index (χ3v) is 3.16. The first-order valence-electron chi connectivity index (χ1n) is 6.61. The van der Waals surface area contributed by atoms with Crippen LogP contribution in [0.25, 0.3) is 0 Å². The second-order valence-corrected chi connectivity index (χ2v) is 4.86. The molecule has 0 aliphatic rings. The lowest BCUT2D eigenvalue weighted by molar-refractivity contribution is 0.881. The molecule has 0 unspecified atom stereocenters. The quantitative estimate of drug-likeness (QED) is 0.892. The molecule has 2 N–H and O–H groups in total. The van der Waals surface area contributed by atoms with Gasteiger partial charge in [-0.25, -0.2) is 4.98 Å². The summed E-state index contributed by atoms with van der Waals surface area (Å²) >= 11 is 0. The van der Waals surface area contributed by atoms with Crippen LogP contribution in [0.2, 0.25) is 0 Å². The highest BCUT2D eigenvalue weighted by Gasteiger charge is 2.07. The molecule has 0 saturated carbocycles. The summed E-state index contributed by atoms with van der Waals surface area (Å²) in [7, 11) is 2.07. The molecule has 100 valence electrons. The van der Waals surface area contributed by atoms with Crippen LogP contribution in [0.4, 0.5) is 5.82 Å². The molecule has 1 aromatic carbocycles. The Kier molecular flexibility index (Phi) is 4.53. The number of nitrogens with two attached hydrogens (primary N) is 1. The van der Waals surface area contributed by atoms with E-state index in [2.05, 4.69) is 54.2 Å². The van der Waals surface area contributed by atoms with E-state index in [1.54, 1.807) is 0 Å². The highest BCUT2D eigenvalue weighted by molar-refractivity contribution is 5.47. The number of hydrogen-bond donors (Lipinski definition) is 1. The number of rotatable bonds is 5. The summed E-state index contributed by atoms with van der Waals surface area (Å²) < 4.78 is 0. The van der Waals surface area contributed by atoms with Crippen molar-refractivity contribution in [2.75, 3.05) is 18.5 Å². The van der Waals surface area contributed by atoms with Crippen LogP contribution in [-0.2, 0) is 13.0 Å². The monoisotopic (exact) mass is 255 g/mol. The van der Waals surface area contributed by atoms with Crippen molar-refractivity contribution in [2.45, 2.75) is 19.9 Å². The van der Waals surface area contributed by atoms with Crippen molar-refractivity contribution >= 4 is 5.82 Å². The first-order chi connectivity index (χ1) is 9.20. The van der Waals surface area contributed by atoms with Gasteiger partial charge in [-0.1, -0.05) is 36.4 Å². The third-order valence-electron chi connectivity index (χ3n) is 3.16. The van der Waals surface area contributed by atoms with Gasteiger partial charge >= 0.3 is 0 Å². The molecule has 0 fully saturated rings. The Morgan fingerprint density at radius 1 is 1.16 bits per heavy atom. The number of nitrogens with zero attached hydrogens (tertiary/aromatic N) is 2. The predicted molar refractivity (Wildman–Crippen MR) is 80.3 cm³/mol. The Balaban J connectivity index is 2.13. The van der Waals surface area contributed by atoms with Crippen LogP contribution in [0.15, 0.2) is 42.6 Å². The Bertz CT molecular complexity index is 523. The maximum Gasteiger partial charge on any atom is 0.131 e. The number of benzene rings is 1. The Morgan fingerprint density at radius 2 is 1.89 bits per heavy atom. The highest BCUT2D eigenvalue weighted by atomic mass is 15.2. The maximum atomic E-state index is 5.57. The molecule has 2 aromatic rings. The molecular weight excluding hydrogens is 234 g/mol. The zero-order valence-electron chi connectivity index (χ0n) is 11.6. The molecule has 0 atom stereocenters. The van der Waals surface area contributed by atoms with E-state index in [-0.39, 0.29) is 0 Å². The smallest absolute Gasteiger partial charge is 0.131 e. The van der Waals surface area contributed by atoms with Gasteiger partial charge in [0.15, 0.2) is 0 Å². The molecule has 1 heterocycles. The van der Waals surface area contributed by atoms with Gasteiger partial charge in [0.1, 0.15) is 5.82 Å². The molecule has 0 radical (unpaired) electrons. The second kappa shape index (κ2) is 6.34. The van der Waals surface area contributed by atoms with E-state index in [4.69, 9.17) is 5.73 Å². The van der Waals surface area contributed by atoms with Crippen molar-refractivity contribution < 1.29 is 0 Å². The lowest BCUT2D eigenvalue weighted by Crippen LogP contribution is -2.19. The van der Waals surface area contributed by atoms with Gasteiger partial charge in [0, 0.05) is 19.8 Å². The third kappa shape index (κ3) is 3.55. The average Bonchev–Trinajstić information content (AvgIpc) is 2.40. The Hall–Kier alpha value is -1.87. The summed E-state index contributed by atoms with van der Waals surface area (Å²) in [6, 6.07) is 12.6. The fourth-order valence-corrected chi connectivity index (χ4v) is 2.26. The first-order valence-corrected chi connectivity index (χ1v) is 6.61. The van der Waals surface area contributed by atoms with Crippen LogP contribution in [0.3, 0.4) is 0 Å². The summed E-state index contributed by atoms with van der Waals surface area (Å²) in [6.07, 6.45) is 2.81. The van der Waals surface area contributed by atoms with Crippen molar-refractivity contribution in [1.82, 2.24) is 4.98 Å². The van der Waals surface area contributed by atoms with E-state index >= 15 is 0 Å². The van der Waals surface area contributed by atoms with Crippen LogP contribution in [0.5, 0.6) is 0 Å². The molecule has 1 aromatic heterocycles. The van der Waals surface area contributed by atoms with Gasteiger partial charge in [0.25, 0.3) is 0 Å². The molecule has 0 spiro atoms. The number of aryl methyl sites for hydroxylation is 1. The van der Waals surface area contributed by atoms with Gasteiger partial charge in [-0.15, -0.1) is 0 Å². The number of aromatic nitrogens is 1. The van der Waals surface area contributed by atoms with Gasteiger partial charge in [0.2, 0.25) is 0 Å². The minimum atomic E-state index is 0.667. The Labute approximate surface area is 115 Å². The van der Waals surface area contributed by atoms with Crippen molar-refractivity contribution in [3.63, 3.8) is 0 Å². The molecule has 3 heteroatoms. The van der Waals surface area contributed by atoms with Crippen LogP contribution in [-0.4, -0.2) is 18.6 Å². The van der Waals surface area contributed by atoms with Crippen molar-refractivity contribution in [3.05, 3.63) is 59.3 Å². The van der Waals surface area contributed by atoms with Gasteiger partial charge in [0.05, 0.1) is 0 Å².